The molecule has 0 saturated heterocycles. The minimum Gasteiger partial charge on any atom is -0.385 e. The average Bonchev–Trinajstić information content (AvgIpc) is 2.75. The van der Waals surface area contributed by atoms with Crippen LogP contribution in [-0.2, 0) is 4.74 Å². The fourth-order valence-corrected chi connectivity index (χ4v) is 2.85. The molecule has 1 saturated carbocycles. The van der Waals surface area contributed by atoms with Crippen molar-refractivity contribution in [2.75, 3.05) is 48.5 Å². The number of hydrogen-bond acceptors (Lipinski definition) is 2. The molecule has 0 bridgehead atoms. The number of methoxy groups -OCH3 is 1. The van der Waals surface area contributed by atoms with Crippen LogP contribution in [0, 0.1) is 5.41 Å². The molecule has 114 valence electrons. The van der Waals surface area contributed by atoms with Crippen molar-refractivity contribution in [2.45, 2.75) is 32.1 Å². The van der Waals surface area contributed by atoms with Gasteiger partial charge in [0.2, 0.25) is 0 Å². The molecule has 0 radical (unpaired) electrons. The summed E-state index contributed by atoms with van der Waals surface area (Å²) in [6, 6.07) is 0. The number of aliphatic imine (C=N–C) groups is 1. The van der Waals surface area contributed by atoms with Crippen molar-refractivity contribution < 1.29 is 4.74 Å². The molecule has 0 amide bonds. The lowest BCUT2D eigenvalue weighted by atomic mass is 9.83. The van der Waals surface area contributed by atoms with Crippen LogP contribution in [0.5, 0.6) is 0 Å². The lowest BCUT2D eigenvalue weighted by Gasteiger charge is -2.29. The van der Waals surface area contributed by atoms with Crippen molar-refractivity contribution >= 4 is 29.9 Å². The monoisotopic (exact) mass is 383 g/mol. The van der Waals surface area contributed by atoms with E-state index >= 15 is 0 Å². The van der Waals surface area contributed by atoms with E-state index in [-0.39, 0.29) is 24.0 Å². The van der Waals surface area contributed by atoms with Crippen molar-refractivity contribution in [1.29, 1.82) is 0 Å². The van der Waals surface area contributed by atoms with Crippen molar-refractivity contribution in [1.82, 2.24) is 9.80 Å². The maximum Gasteiger partial charge on any atom is 0.195 e. The Balaban J connectivity index is 0.00000324. The van der Waals surface area contributed by atoms with Crippen LogP contribution in [0.3, 0.4) is 0 Å². The van der Waals surface area contributed by atoms with Crippen LogP contribution in [0.1, 0.15) is 32.1 Å². The molecule has 0 unspecified atom stereocenters. The Kier molecular flexibility index (Phi) is 8.98. The van der Waals surface area contributed by atoms with Gasteiger partial charge in [0.15, 0.2) is 5.96 Å². The second kappa shape index (κ2) is 9.00. The summed E-state index contributed by atoms with van der Waals surface area (Å²) in [5, 5.41) is 0. The number of hydrogen-bond donors (Lipinski definition) is 0. The van der Waals surface area contributed by atoms with Gasteiger partial charge in [-0.3, -0.25) is 4.99 Å². The Labute approximate surface area is 135 Å². The molecule has 1 fully saturated rings. The van der Waals surface area contributed by atoms with Gasteiger partial charge in [-0.15, -0.1) is 24.0 Å². The minimum atomic E-state index is 0. The standard InChI is InChI=1S/C14H29N3O.HI/c1-16(2)13(17(3)4)15-12-14(10-11-18-5)8-6-7-9-14;/h6-12H2,1-5H3;1H. The quantitative estimate of drug-likeness (QED) is 0.415. The fourth-order valence-electron chi connectivity index (χ4n) is 2.85. The molecule has 0 heterocycles. The molecule has 0 spiro atoms. The van der Waals surface area contributed by atoms with Gasteiger partial charge < -0.3 is 14.5 Å². The van der Waals surface area contributed by atoms with Crippen molar-refractivity contribution in [2.24, 2.45) is 10.4 Å². The van der Waals surface area contributed by atoms with E-state index in [1.54, 1.807) is 7.11 Å². The molecule has 19 heavy (non-hydrogen) atoms. The molecule has 0 aliphatic heterocycles. The normalized spacial score (nSPS) is 16.7. The van der Waals surface area contributed by atoms with E-state index in [2.05, 4.69) is 38.0 Å². The number of rotatable bonds is 5. The third kappa shape index (κ3) is 5.85. The topological polar surface area (TPSA) is 28.1 Å². The molecule has 1 rings (SSSR count). The van der Waals surface area contributed by atoms with E-state index < -0.39 is 0 Å². The van der Waals surface area contributed by atoms with E-state index in [0.29, 0.717) is 5.41 Å². The van der Waals surface area contributed by atoms with Gasteiger partial charge in [0.1, 0.15) is 0 Å². The maximum absolute atomic E-state index is 5.26. The summed E-state index contributed by atoms with van der Waals surface area (Å²) < 4.78 is 5.26. The summed E-state index contributed by atoms with van der Waals surface area (Å²) in [4.78, 5) is 9.01. The van der Waals surface area contributed by atoms with Crippen molar-refractivity contribution in [3.8, 4) is 0 Å². The zero-order valence-electron chi connectivity index (χ0n) is 13.1. The molecule has 1 aliphatic carbocycles. The first-order valence-electron chi connectivity index (χ1n) is 6.89. The zero-order chi connectivity index (χ0) is 13.6. The van der Waals surface area contributed by atoms with Gasteiger partial charge in [0.25, 0.3) is 0 Å². The summed E-state index contributed by atoms with van der Waals surface area (Å²) in [5.41, 5.74) is 0.382. The number of ether oxygens (including phenoxy) is 1. The molecule has 0 aromatic rings. The molecule has 1 aliphatic rings. The van der Waals surface area contributed by atoms with E-state index in [9.17, 15) is 0 Å². The van der Waals surface area contributed by atoms with Crippen LogP contribution < -0.4 is 0 Å². The minimum absolute atomic E-state index is 0. The summed E-state index contributed by atoms with van der Waals surface area (Å²) >= 11 is 0. The molecule has 0 N–H and O–H groups in total. The largest absolute Gasteiger partial charge is 0.385 e. The van der Waals surface area contributed by atoms with E-state index in [4.69, 9.17) is 9.73 Å². The van der Waals surface area contributed by atoms with Crippen LogP contribution in [-0.4, -0.2) is 64.2 Å². The van der Waals surface area contributed by atoms with Crippen LogP contribution in [0.15, 0.2) is 4.99 Å². The van der Waals surface area contributed by atoms with E-state index in [1.807, 2.05) is 0 Å². The predicted octanol–water partition coefficient (Wildman–Crippen LogP) is 2.68. The maximum atomic E-state index is 5.26. The van der Waals surface area contributed by atoms with Gasteiger partial charge >= 0.3 is 0 Å². The zero-order valence-corrected chi connectivity index (χ0v) is 15.4. The van der Waals surface area contributed by atoms with Crippen LogP contribution in [0.2, 0.25) is 0 Å². The Morgan fingerprint density at radius 1 is 1.11 bits per heavy atom. The molecule has 5 heteroatoms. The number of halogens is 1. The Bertz CT molecular complexity index is 264. The molecule has 4 nitrogen and oxygen atoms in total. The third-order valence-corrected chi connectivity index (χ3v) is 3.86. The Morgan fingerprint density at radius 2 is 1.63 bits per heavy atom. The van der Waals surface area contributed by atoms with Gasteiger partial charge in [-0.2, -0.15) is 0 Å². The van der Waals surface area contributed by atoms with Gasteiger partial charge in [0, 0.05) is 48.5 Å². The highest BCUT2D eigenvalue weighted by molar-refractivity contribution is 14.0. The molecule has 0 atom stereocenters. The highest BCUT2D eigenvalue weighted by atomic mass is 127. The fraction of sp³-hybridized carbons (Fsp3) is 0.929. The summed E-state index contributed by atoms with van der Waals surface area (Å²) in [5.74, 6) is 1.05. The number of guanidine groups is 1. The predicted molar refractivity (Wildman–Crippen MR) is 92.5 cm³/mol. The van der Waals surface area contributed by atoms with Gasteiger partial charge in [-0.25, -0.2) is 0 Å². The molecule has 0 aromatic heterocycles. The van der Waals surface area contributed by atoms with Gasteiger partial charge in [-0.05, 0) is 24.7 Å². The Morgan fingerprint density at radius 3 is 2.05 bits per heavy atom. The Hall–Kier alpha value is -0.0400. The van der Waals surface area contributed by atoms with Gasteiger partial charge in [-0.1, -0.05) is 12.8 Å². The van der Waals surface area contributed by atoms with Crippen LogP contribution in [0.25, 0.3) is 0 Å². The van der Waals surface area contributed by atoms with E-state index in [1.165, 1.54) is 25.7 Å². The second-order valence-electron chi connectivity index (χ2n) is 5.85. The lowest BCUT2D eigenvalue weighted by Crippen LogP contribution is -2.36. The first-order valence-corrected chi connectivity index (χ1v) is 6.89. The van der Waals surface area contributed by atoms with Crippen molar-refractivity contribution in [3.63, 3.8) is 0 Å². The molecular weight excluding hydrogens is 353 g/mol. The average molecular weight is 383 g/mol. The molecular formula is C14H30IN3O. The second-order valence-corrected chi connectivity index (χ2v) is 5.85. The summed E-state index contributed by atoms with van der Waals surface area (Å²) in [6.07, 6.45) is 6.43. The van der Waals surface area contributed by atoms with Crippen molar-refractivity contribution in [3.05, 3.63) is 0 Å². The molecule has 0 aromatic carbocycles. The van der Waals surface area contributed by atoms with Gasteiger partial charge in [0.05, 0.1) is 0 Å². The van der Waals surface area contributed by atoms with E-state index in [0.717, 1.165) is 25.5 Å². The number of nitrogens with zero attached hydrogens (tertiary/aromatic N) is 3. The summed E-state index contributed by atoms with van der Waals surface area (Å²) in [6.45, 7) is 1.79. The first kappa shape index (κ1) is 19.0. The third-order valence-electron chi connectivity index (χ3n) is 3.86. The van der Waals surface area contributed by atoms with Crippen LogP contribution >= 0.6 is 24.0 Å². The first-order chi connectivity index (χ1) is 8.51. The lowest BCUT2D eigenvalue weighted by molar-refractivity contribution is 0.141. The summed E-state index contributed by atoms with van der Waals surface area (Å²) in [7, 11) is 9.99. The van der Waals surface area contributed by atoms with Crippen LogP contribution in [0.4, 0.5) is 0 Å². The highest BCUT2D eigenvalue weighted by Gasteiger charge is 2.33. The smallest absolute Gasteiger partial charge is 0.195 e. The highest BCUT2D eigenvalue weighted by Crippen LogP contribution is 2.41. The SMILES string of the molecule is COCCC1(CN=C(N(C)C)N(C)C)CCCC1.I.